The van der Waals surface area contributed by atoms with E-state index in [-0.39, 0.29) is 0 Å². The van der Waals surface area contributed by atoms with Gasteiger partial charge in [-0.3, -0.25) is 0 Å². The molecule has 258 valence electrons. The standard InChI is InChI=1S/C52H28N2O2/c1-2-10-33-31(9-1)27-54-43-23-19-30(26-41(43)37-22-24-46-47(48(37)50(33)54)39-13-5-8-16-45(39)55-46)29-17-18-32-28-53-42-14-6-3-11-34(42)36-20-21-38-35-12-4-7-15-44(35)56-52(38)49(36)51(53)40(32)25-29/h1-28H. The van der Waals surface area contributed by atoms with E-state index in [0.717, 1.165) is 49.3 Å². The van der Waals surface area contributed by atoms with Crippen molar-refractivity contribution in [2.24, 2.45) is 0 Å². The van der Waals surface area contributed by atoms with Gasteiger partial charge in [0.05, 0.1) is 27.5 Å². The lowest BCUT2D eigenvalue weighted by atomic mass is 9.95. The van der Waals surface area contributed by atoms with Gasteiger partial charge < -0.3 is 17.6 Å². The Bertz CT molecular complexity index is 4060. The molecule has 0 N–H and O–H groups in total. The van der Waals surface area contributed by atoms with Crippen LogP contribution in [0.15, 0.2) is 179 Å². The summed E-state index contributed by atoms with van der Waals surface area (Å²) in [5.74, 6) is 0. The Morgan fingerprint density at radius 1 is 0.321 bits per heavy atom. The quantitative estimate of drug-likeness (QED) is 0.159. The van der Waals surface area contributed by atoms with Crippen LogP contribution in [0.4, 0.5) is 0 Å². The first kappa shape index (κ1) is 28.9. The lowest BCUT2D eigenvalue weighted by Crippen LogP contribution is -1.91. The molecule has 0 saturated heterocycles. The molecule has 56 heavy (non-hydrogen) atoms. The lowest BCUT2D eigenvalue weighted by Gasteiger charge is -2.13. The summed E-state index contributed by atoms with van der Waals surface area (Å²) in [5.41, 5.74) is 10.7. The molecule has 14 rings (SSSR count). The lowest BCUT2D eigenvalue weighted by molar-refractivity contribution is 0.669. The average Bonchev–Trinajstić information content (AvgIpc) is 4.03. The molecular formula is C52H28N2O2. The van der Waals surface area contributed by atoms with Crippen molar-refractivity contribution >= 4 is 120 Å². The zero-order valence-corrected chi connectivity index (χ0v) is 29.9. The van der Waals surface area contributed by atoms with E-state index < -0.39 is 0 Å². The predicted molar refractivity (Wildman–Crippen MR) is 233 cm³/mol. The second kappa shape index (κ2) is 10.1. The first-order valence-corrected chi connectivity index (χ1v) is 19.2. The largest absolute Gasteiger partial charge is 0.456 e. The molecule has 0 saturated carbocycles. The maximum absolute atomic E-state index is 6.73. The number of pyridine rings is 2. The molecule has 0 atom stereocenters. The average molecular weight is 713 g/mol. The summed E-state index contributed by atoms with van der Waals surface area (Å²) < 4.78 is 18.0. The van der Waals surface area contributed by atoms with E-state index in [9.17, 15) is 0 Å². The van der Waals surface area contributed by atoms with Crippen molar-refractivity contribution in [3.05, 3.63) is 170 Å². The number of rotatable bonds is 1. The number of para-hydroxylation sites is 3. The molecule has 0 fully saturated rings. The Kier molecular flexibility index (Phi) is 5.23. The molecule has 0 aliphatic heterocycles. The molecular weight excluding hydrogens is 685 g/mol. The second-order valence-electron chi connectivity index (χ2n) is 15.3. The summed E-state index contributed by atoms with van der Waals surface area (Å²) in [6, 6.07) is 57.1. The van der Waals surface area contributed by atoms with E-state index >= 15 is 0 Å². The van der Waals surface area contributed by atoms with Gasteiger partial charge in [0.2, 0.25) is 0 Å². The fourth-order valence-electron chi connectivity index (χ4n) is 10.0. The Hall–Kier alpha value is -7.56. The van der Waals surface area contributed by atoms with Crippen LogP contribution in [0.2, 0.25) is 0 Å². The molecule has 8 aromatic carbocycles. The van der Waals surface area contributed by atoms with Gasteiger partial charge in [-0.1, -0.05) is 103 Å². The number of furan rings is 2. The number of hydrogen-bond acceptors (Lipinski definition) is 2. The first-order chi connectivity index (χ1) is 27.8. The summed E-state index contributed by atoms with van der Waals surface area (Å²) in [4.78, 5) is 0. The third-order valence-electron chi connectivity index (χ3n) is 12.4. The summed E-state index contributed by atoms with van der Waals surface area (Å²) in [6.07, 6.45) is 4.58. The third kappa shape index (κ3) is 3.55. The third-order valence-corrected chi connectivity index (χ3v) is 12.4. The van der Waals surface area contributed by atoms with Crippen molar-refractivity contribution in [2.45, 2.75) is 0 Å². The van der Waals surface area contributed by atoms with Gasteiger partial charge in [-0.05, 0) is 76.5 Å². The van der Waals surface area contributed by atoms with Crippen LogP contribution in [-0.4, -0.2) is 8.80 Å². The minimum atomic E-state index is 0.908. The number of fused-ring (bicyclic) bond motifs is 24. The minimum absolute atomic E-state index is 0.908. The Labute approximate surface area is 317 Å². The molecule has 6 heterocycles. The Morgan fingerprint density at radius 2 is 0.911 bits per heavy atom. The van der Waals surface area contributed by atoms with Gasteiger partial charge in [-0.2, -0.15) is 0 Å². The van der Waals surface area contributed by atoms with E-state index in [4.69, 9.17) is 8.83 Å². The highest BCUT2D eigenvalue weighted by molar-refractivity contribution is 6.32. The van der Waals surface area contributed by atoms with Crippen molar-refractivity contribution in [1.29, 1.82) is 0 Å². The molecule has 0 bridgehead atoms. The van der Waals surface area contributed by atoms with E-state index in [1.54, 1.807) is 0 Å². The van der Waals surface area contributed by atoms with Gasteiger partial charge in [-0.25, -0.2) is 0 Å². The SMILES string of the molecule is c1ccc2c(c1)cn1c3ccc(-c4ccc5cn6c7ccccc7c7ccc8c9ccccc9oc8c7c6c5c4)cc3c3ccc4oc5ccccc5c4c3c21. The maximum atomic E-state index is 6.73. The van der Waals surface area contributed by atoms with Crippen LogP contribution in [0.25, 0.3) is 131 Å². The van der Waals surface area contributed by atoms with Gasteiger partial charge >= 0.3 is 0 Å². The van der Waals surface area contributed by atoms with Crippen LogP contribution in [0.1, 0.15) is 0 Å². The molecule has 0 amide bonds. The molecule has 6 aromatic heterocycles. The van der Waals surface area contributed by atoms with Crippen molar-refractivity contribution in [3.8, 4) is 11.1 Å². The van der Waals surface area contributed by atoms with Crippen molar-refractivity contribution in [3.63, 3.8) is 0 Å². The Balaban J connectivity index is 1.10. The van der Waals surface area contributed by atoms with Crippen LogP contribution in [-0.2, 0) is 0 Å². The van der Waals surface area contributed by atoms with Crippen LogP contribution < -0.4 is 0 Å². The molecule has 4 nitrogen and oxygen atoms in total. The normalized spacial score (nSPS) is 12.6. The minimum Gasteiger partial charge on any atom is -0.456 e. The van der Waals surface area contributed by atoms with Crippen LogP contribution >= 0.6 is 0 Å². The number of aromatic nitrogens is 2. The molecule has 0 spiro atoms. The monoisotopic (exact) mass is 712 g/mol. The van der Waals surface area contributed by atoms with Gasteiger partial charge in [0.25, 0.3) is 0 Å². The fraction of sp³-hybridized carbons (Fsp3) is 0. The van der Waals surface area contributed by atoms with Crippen molar-refractivity contribution in [2.75, 3.05) is 0 Å². The highest BCUT2D eigenvalue weighted by Crippen LogP contribution is 2.45. The highest BCUT2D eigenvalue weighted by atomic mass is 16.3. The van der Waals surface area contributed by atoms with E-state index in [1.807, 2.05) is 12.1 Å². The molecule has 0 unspecified atom stereocenters. The predicted octanol–water partition coefficient (Wildman–Crippen LogP) is 14.6. The Morgan fingerprint density at radius 3 is 1.77 bits per heavy atom. The van der Waals surface area contributed by atoms with Gasteiger partial charge in [0, 0.05) is 71.6 Å². The first-order valence-electron chi connectivity index (χ1n) is 19.2. The van der Waals surface area contributed by atoms with Gasteiger partial charge in [0.1, 0.15) is 22.3 Å². The van der Waals surface area contributed by atoms with Crippen molar-refractivity contribution in [1.82, 2.24) is 8.80 Å². The topological polar surface area (TPSA) is 35.1 Å². The number of hydrogen-bond donors (Lipinski definition) is 0. The summed E-state index contributed by atoms with van der Waals surface area (Å²) in [7, 11) is 0. The van der Waals surface area contributed by atoms with E-state index in [2.05, 4.69) is 167 Å². The maximum Gasteiger partial charge on any atom is 0.145 e. The molecule has 0 aliphatic carbocycles. The summed E-state index contributed by atoms with van der Waals surface area (Å²) in [6.45, 7) is 0. The summed E-state index contributed by atoms with van der Waals surface area (Å²) in [5, 5.41) is 16.6. The molecule has 4 heteroatoms. The molecule has 14 aromatic rings. The molecule has 0 aliphatic rings. The fourth-order valence-corrected chi connectivity index (χ4v) is 10.0. The van der Waals surface area contributed by atoms with Gasteiger partial charge in [0.15, 0.2) is 0 Å². The molecule has 0 radical (unpaired) electrons. The van der Waals surface area contributed by atoms with Gasteiger partial charge in [-0.15, -0.1) is 0 Å². The van der Waals surface area contributed by atoms with Crippen molar-refractivity contribution < 1.29 is 8.83 Å². The van der Waals surface area contributed by atoms with E-state index in [0.29, 0.717) is 0 Å². The van der Waals surface area contributed by atoms with E-state index in [1.165, 1.54) is 81.7 Å². The smallest absolute Gasteiger partial charge is 0.145 e. The number of benzene rings is 8. The zero-order chi connectivity index (χ0) is 36.2. The zero-order valence-electron chi connectivity index (χ0n) is 29.9. The second-order valence-corrected chi connectivity index (χ2v) is 15.3. The summed E-state index contributed by atoms with van der Waals surface area (Å²) >= 11 is 0. The van der Waals surface area contributed by atoms with Crippen LogP contribution in [0.5, 0.6) is 0 Å². The van der Waals surface area contributed by atoms with Crippen LogP contribution in [0, 0.1) is 0 Å². The highest BCUT2D eigenvalue weighted by Gasteiger charge is 2.21. The number of nitrogens with zero attached hydrogens (tertiary/aromatic N) is 2. The van der Waals surface area contributed by atoms with Crippen LogP contribution in [0.3, 0.4) is 0 Å².